The Balaban J connectivity index is 1.58. The molecule has 8 heteroatoms. The summed E-state index contributed by atoms with van der Waals surface area (Å²) >= 11 is 6.40. The Morgan fingerprint density at radius 3 is 2.41 bits per heavy atom. The fourth-order valence-electron chi connectivity index (χ4n) is 3.77. The van der Waals surface area contributed by atoms with Crippen LogP contribution < -0.4 is 9.62 Å². The Hall–Kier alpha value is -2.87. The van der Waals surface area contributed by atoms with Crippen LogP contribution in [0.5, 0.6) is 0 Å². The van der Waals surface area contributed by atoms with Crippen LogP contribution >= 0.6 is 11.6 Å². The van der Waals surface area contributed by atoms with E-state index in [9.17, 15) is 13.2 Å². The Labute approximate surface area is 206 Å². The molecule has 0 heterocycles. The summed E-state index contributed by atoms with van der Waals surface area (Å²) in [4.78, 5) is 15.0. The van der Waals surface area contributed by atoms with E-state index in [1.165, 1.54) is 29.3 Å². The van der Waals surface area contributed by atoms with Crippen molar-refractivity contribution in [2.24, 2.45) is 0 Å². The van der Waals surface area contributed by atoms with Crippen LogP contribution in [0.2, 0.25) is 5.02 Å². The van der Waals surface area contributed by atoms with E-state index in [0.717, 1.165) is 12.1 Å². The van der Waals surface area contributed by atoms with Crippen molar-refractivity contribution < 1.29 is 13.2 Å². The van der Waals surface area contributed by atoms with Gasteiger partial charge >= 0.3 is 0 Å². The number of sulfonamides is 1. The fraction of sp³-hybridized carbons (Fsp3) is 0.269. The number of amides is 1. The summed E-state index contributed by atoms with van der Waals surface area (Å²) in [6, 6.07) is 22.9. The number of carbonyl (C=O) groups excluding carboxylic acids is 1. The highest BCUT2D eigenvalue weighted by Gasteiger charge is 2.28. The summed E-state index contributed by atoms with van der Waals surface area (Å²) in [6.45, 7) is 1.37. The Kier molecular flexibility index (Phi) is 7.56. The maximum atomic E-state index is 13.8. The molecule has 0 saturated heterocycles. The van der Waals surface area contributed by atoms with E-state index in [-0.39, 0.29) is 17.3 Å². The van der Waals surface area contributed by atoms with E-state index >= 15 is 0 Å². The maximum Gasteiger partial charge on any atom is 0.264 e. The third kappa shape index (κ3) is 5.78. The molecule has 1 aliphatic carbocycles. The number of benzene rings is 3. The molecule has 1 saturated carbocycles. The Bertz CT molecular complexity index is 1250. The van der Waals surface area contributed by atoms with Crippen LogP contribution in [-0.2, 0) is 16.6 Å². The van der Waals surface area contributed by atoms with Crippen molar-refractivity contribution in [2.75, 3.05) is 24.4 Å². The van der Waals surface area contributed by atoms with Gasteiger partial charge in [-0.2, -0.15) is 0 Å². The standard InChI is InChI=1S/C26H28ClN3O3S/c1-29(22-14-15-22)17-16-28-26(31)21-10-7-11-23(18-21)34(32,33)30(19-20-8-3-2-4-9-20)25-13-6-5-12-24(25)27/h2-13,18,22H,14-17,19H2,1H3,(H,28,31). The van der Waals surface area contributed by atoms with Crippen LogP contribution in [-0.4, -0.2) is 45.4 Å². The zero-order valence-electron chi connectivity index (χ0n) is 19.0. The lowest BCUT2D eigenvalue weighted by Gasteiger charge is -2.26. The number of rotatable bonds is 10. The molecule has 1 fully saturated rings. The van der Waals surface area contributed by atoms with Crippen LogP contribution in [0.15, 0.2) is 83.8 Å². The molecule has 0 aromatic heterocycles. The largest absolute Gasteiger partial charge is 0.351 e. The molecule has 178 valence electrons. The fourth-order valence-corrected chi connectivity index (χ4v) is 5.58. The van der Waals surface area contributed by atoms with Gasteiger partial charge < -0.3 is 10.2 Å². The highest BCUT2D eigenvalue weighted by Crippen LogP contribution is 2.32. The third-order valence-electron chi connectivity index (χ3n) is 5.89. The zero-order chi connectivity index (χ0) is 24.1. The summed E-state index contributed by atoms with van der Waals surface area (Å²) in [6.07, 6.45) is 2.41. The number of para-hydroxylation sites is 1. The maximum absolute atomic E-state index is 13.8. The molecule has 6 nitrogen and oxygen atoms in total. The average molecular weight is 498 g/mol. The first-order valence-electron chi connectivity index (χ1n) is 11.3. The van der Waals surface area contributed by atoms with Gasteiger partial charge in [-0.05, 0) is 55.8 Å². The van der Waals surface area contributed by atoms with Gasteiger partial charge in [0.05, 0.1) is 22.2 Å². The van der Waals surface area contributed by atoms with Gasteiger partial charge in [-0.3, -0.25) is 9.10 Å². The zero-order valence-corrected chi connectivity index (χ0v) is 20.6. The summed E-state index contributed by atoms with van der Waals surface area (Å²) in [5, 5.41) is 3.22. The van der Waals surface area contributed by atoms with Gasteiger partial charge in [-0.15, -0.1) is 0 Å². The minimum absolute atomic E-state index is 0.0334. The molecule has 1 N–H and O–H groups in total. The molecule has 3 aromatic rings. The minimum atomic E-state index is -4.01. The number of anilines is 1. The molecule has 1 amide bonds. The van der Waals surface area contributed by atoms with Gasteiger partial charge in [0.25, 0.3) is 15.9 Å². The van der Waals surface area contributed by atoms with Crippen molar-refractivity contribution in [1.82, 2.24) is 10.2 Å². The molecular weight excluding hydrogens is 470 g/mol. The summed E-state index contributed by atoms with van der Waals surface area (Å²) in [5.74, 6) is -0.298. The molecule has 4 rings (SSSR count). The molecule has 34 heavy (non-hydrogen) atoms. The van der Waals surface area contributed by atoms with E-state index in [2.05, 4.69) is 10.2 Å². The molecule has 3 aromatic carbocycles. The van der Waals surface area contributed by atoms with E-state index in [0.29, 0.717) is 28.9 Å². The van der Waals surface area contributed by atoms with E-state index in [4.69, 9.17) is 11.6 Å². The van der Waals surface area contributed by atoms with Crippen LogP contribution in [0.25, 0.3) is 0 Å². The molecule has 0 atom stereocenters. The minimum Gasteiger partial charge on any atom is -0.351 e. The smallest absolute Gasteiger partial charge is 0.264 e. The van der Waals surface area contributed by atoms with Crippen molar-refractivity contribution in [1.29, 1.82) is 0 Å². The van der Waals surface area contributed by atoms with Gasteiger partial charge in [0, 0.05) is 24.7 Å². The van der Waals surface area contributed by atoms with E-state index in [1.807, 2.05) is 37.4 Å². The highest BCUT2D eigenvalue weighted by molar-refractivity contribution is 7.92. The number of hydrogen-bond donors (Lipinski definition) is 1. The number of nitrogens with zero attached hydrogens (tertiary/aromatic N) is 2. The van der Waals surface area contributed by atoms with Crippen LogP contribution in [0, 0.1) is 0 Å². The van der Waals surface area contributed by atoms with Gasteiger partial charge in [0.2, 0.25) is 0 Å². The lowest BCUT2D eigenvalue weighted by molar-refractivity contribution is 0.0949. The monoisotopic (exact) mass is 497 g/mol. The van der Waals surface area contributed by atoms with Crippen molar-refractivity contribution >= 4 is 33.2 Å². The molecule has 0 spiro atoms. The molecule has 1 aliphatic rings. The summed E-state index contributed by atoms with van der Waals surface area (Å²) in [7, 11) is -1.96. The third-order valence-corrected chi connectivity index (χ3v) is 7.97. The molecule has 0 bridgehead atoms. The van der Waals surface area contributed by atoms with Crippen molar-refractivity contribution in [3.63, 3.8) is 0 Å². The number of hydrogen-bond acceptors (Lipinski definition) is 4. The molecule has 0 aliphatic heterocycles. The summed E-state index contributed by atoms with van der Waals surface area (Å²) < 4.78 is 28.8. The first kappa shape index (κ1) is 24.3. The van der Waals surface area contributed by atoms with Gasteiger partial charge in [-0.1, -0.05) is 60.1 Å². The molecule has 0 radical (unpaired) electrons. The molecule has 0 unspecified atom stereocenters. The van der Waals surface area contributed by atoms with E-state index < -0.39 is 10.0 Å². The quantitative estimate of drug-likeness (QED) is 0.446. The average Bonchev–Trinajstić information content (AvgIpc) is 3.69. The Morgan fingerprint density at radius 2 is 1.71 bits per heavy atom. The predicted molar refractivity (Wildman–Crippen MR) is 136 cm³/mol. The van der Waals surface area contributed by atoms with Crippen LogP contribution in [0.1, 0.15) is 28.8 Å². The van der Waals surface area contributed by atoms with Crippen LogP contribution in [0.3, 0.4) is 0 Å². The first-order valence-corrected chi connectivity index (χ1v) is 13.1. The second-order valence-corrected chi connectivity index (χ2v) is 10.7. The molecular formula is C26H28ClN3O3S. The highest BCUT2D eigenvalue weighted by atomic mass is 35.5. The van der Waals surface area contributed by atoms with Crippen molar-refractivity contribution in [3.05, 3.63) is 95.0 Å². The number of likely N-dealkylation sites (N-methyl/N-ethyl adjacent to an activating group) is 1. The second-order valence-electron chi connectivity index (χ2n) is 8.44. The van der Waals surface area contributed by atoms with Gasteiger partial charge in [0.15, 0.2) is 0 Å². The normalized spacial score (nSPS) is 13.6. The number of carbonyl (C=O) groups is 1. The van der Waals surface area contributed by atoms with Crippen molar-refractivity contribution in [3.8, 4) is 0 Å². The Morgan fingerprint density at radius 1 is 1.00 bits per heavy atom. The first-order chi connectivity index (χ1) is 16.4. The number of halogens is 1. The predicted octanol–water partition coefficient (Wildman–Crippen LogP) is 4.56. The van der Waals surface area contributed by atoms with Gasteiger partial charge in [0.1, 0.15) is 0 Å². The lowest BCUT2D eigenvalue weighted by atomic mass is 10.2. The second kappa shape index (κ2) is 10.6. The van der Waals surface area contributed by atoms with E-state index in [1.54, 1.807) is 36.4 Å². The number of nitrogens with one attached hydrogen (secondary N) is 1. The van der Waals surface area contributed by atoms with Crippen molar-refractivity contribution in [2.45, 2.75) is 30.3 Å². The van der Waals surface area contributed by atoms with Gasteiger partial charge in [-0.25, -0.2) is 8.42 Å². The van der Waals surface area contributed by atoms with Crippen LogP contribution in [0.4, 0.5) is 5.69 Å². The SMILES string of the molecule is CN(CCNC(=O)c1cccc(S(=O)(=O)N(Cc2ccccc2)c2ccccc2Cl)c1)C1CC1. The lowest BCUT2D eigenvalue weighted by Crippen LogP contribution is -2.34. The topological polar surface area (TPSA) is 69.7 Å². The summed E-state index contributed by atoms with van der Waals surface area (Å²) in [5.41, 5.74) is 1.50.